The van der Waals surface area contributed by atoms with Crippen molar-refractivity contribution in [2.24, 2.45) is 5.92 Å². The maximum atomic E-state index is 12.6. The second-order valence-electron chi connectivity index (χ2n) is 6.25. The highest BCUT2D eigenvalue weighted by molar-refractivity contribution is 5.79. The summed E-state index contributed by atoms with van der Waals surface area (Å²) >= 11 is 0. The highest BCUT2D eigenvalue weighted by Gasteiger charge is 2.26. The molecule has 0 bridgehead atoms. The van der Waals surface area contributed by atoms with Crippen molar-refractivity contribution < 1.29 is 14.3 Å². The highest BCUT2D eigenvalue weighted by Crippen LogP contribution is 2.23. The maximum absolute atomic E-state index is 12.6. The fourth-order valence-electron chi connectivity index (χ4n) is 3.17. The quantitative estimate of drug-likeness (QED) is 0.853. The van der Waals surface area contributed by atoms with Crippen LogP contribution in [0.25, 0.3) is 0 Å². The molecule has 0 saturated carbocycles. The van der Waals surface area contributed by atoms with Gasteiger partial charge in [-0.1, -0.05) is 18.2 Å². The predicted octanol–water partition coefficient (Wildman–Crippen LogP) is 2.03. The lowest BCUT2D eigenvalue weighted by molar-refractivity contribution is -0.125. The molecule has 1 saturated heterocycles. The summed E-state index contributed by atoms with van der Waals surface area (Å²) in [5, 5.41) is 11.2. The molecule has 1 amide bonds. The molecule has 0 unspecified atom stereocenters. The Bertz CT molecular complexity index is 736. The van der Waals surface area contributed by atoms with E-state index in [1.807, 2.05) is 30.3 Å². The lowest BCUT2D eigenvalue weighted by Gasteiger charge is -2.32. The Morgan fingerprint density at radius 2 is 2.04 bits per heavy atom. The summed E-state index contributed by atoms with van der Waals surface area (Å²) in [4.78, 5) is 14.7. The largest absolute Gasteiger partial charge is 0.496 e. The van der Waals surface area contributed by atoms with Gasteiger partial charge in [0.25, 0.3) is 0 Å². The first-order chi connectivity index (χ1) is 12.7. The van der Waals surface area contributed by atoms with Crippen LogP contribution in [0.4, 0.5) is 5.82 Å². The molecule has 0 aliphatic carbocycles. The number of hydrogen-bond donors (Lipinski definition) is 1. The van der Waals surface area contributed by atoms with E-state index in [-0.39, 0.29) is 11.8 Å². The van der Waals surface area contributed by atoms with Crippen molar-refractivity contribution in [3.63, 3.8) is 0 Å². The molecule has 1 aliphatic rings. The molecule has 2 aromatic rings. The SMILES string of the molecule is COc1ccc(N2CCC[C@H](C(=O)NCc3ccccc3OC)C2)nn1. The number of anilines is 1. The van der Waals surface area contributed by atoms with E-state index in [1.54, 1.807) is 20.3 Å². The van der Waals surface area contributed by atoms with Crippen LogP contribution in [0.5, 0.6) is 11.6 Å². The van der Waals surface area contributed by atoms with Crippen LogP contribution in [0.2, 0.25) is 0 Å². The molecule has 1 fully saturated rings. The molecule has 138 valence electrons. The van der Waals surface area contributed by atoms with Crippen molar-refractivity contribution in [1.82, 2.24) is 15.5 Å². The van der Waals surface area contributed by atoms with E-state index >= 15 is 0 Å². The molecule has 0 radical (unpaired) electrons. The minimum atomic E-state index is -0.0673. The average Bonchev–Trinajstić information content (AvgIpc) is 2.72. The highest BCUT2D eigenvalue weighted by atomic mass is 16.5. The van der Waals surface area contributed by atoms with Gasteiger partial charge >= 0.3 is 0 Å². The predicted molar refractivity (Wildman–Crippen MR) is 98.4 cm³/mol. The Hall–Kier alpha value is -2.83. The summed E-state index contributed by atoms with van der Waals surface area (Å²) in [6.45, 7) is 1.97. The van der Waals surface area contributed by atoms with Crippen LogP contribution in [0.3, 0.4) is 0 Å². The van der Waals surface area contributed by atoms with Crippen LogP contribution < -0.4 is 19.7 Å². The van der Waals surface area contributed by atoms with Crippen molar-refractivity contribution >= 4 is 11.7 Å². The number of aromatic nitrogens is 2. The second kappa shape index (κ2) is 8.51. The van der Waals surface area contributed by atoms with Crippen molar-refractivity contribution in [3.05, 3.63) is 42.0 Å². The molecule has 1 aromatic carbocycles. The third-order valence-electron chi connectivity index (χ3n) is 4.60. The number of rotatable bonds is 6. The van der Waals surface area contributed by atoms with Crippen molar-refractivity contribution in [2.75, 3.05) is 32.2 Å². The van der Waals surface area contributed by atoms with Gasteiger partial charge in [-0.05, 0) is 25.0 Å². The summed E-state index contributed by atoms with van der Waals surface area (Å²) in [7, 11) is 3.20. The number of benzene rings is 1. The lowest BCUT2D eigenvalue weighted by Crippen LogP contribution is -2.43. The summed E-state index contributed by atoms with van der Waals surface area (Å²) in [6.07, 6.45) is 1.82. The molecule has 3 rings (SSSR count). The number of carbonyl (C=O) groups is 1. The Morgan fingerprint density at radius 1 is 1.19 bits per heavy atom. The molecular weight excluding hydrogens is 332 g/mol. The summed E-state index contributed by atoms with van der Waals surface area (Å²) in [6, 6.07) is 11.4. The maximum Gasteiger partial charge on any atom is 0.233 e. The van der Waals surface area contributed by atoms with Crippen LogP contribution in [0.1, 0.15) is 18.4 Å². The van der Waals surface area contributed by atoms with Gasteiger partial charge < -0.3 is 19.7 Å². The van der Waals surface area contributed by atoms with Crippen LogP contribution in [-0.4, -0.2) is 43.4 Å². The summed E-state index contributed by atoms with van der Waals surface area (Å²) in [5.74, 6) is 2.03. The molecular formula is C19H24N4O3. The Kier molecular flexibility index (Phi) is 5.88. The molecule has 0 spiro atoms. The number of methoxy groups -OCH3 is 2. The van der Waals surface area contributed by atoms with Crippen LogP contribution >= 0.6 is 0 Å². The van der Waals surface area contributed by atoms with Crippen LogP contribution in [0.15, 0.2) is 36.4 Å². The molecule has 1 aromatic heterocycles. The van der Waals surface area contributed by atoms with Gasteiger partial charge in [0.15, 0.2) is 5.82 Å². The topological polar surface area (TPSA) is 76.6 Å². The number of carbonyl (C=O) groups excluding carboxylic acids is 1. The number of para-hydroxylation sites is 1. The van der Waals surface area contributed by atoms with E-state index in [4.69, 9.17) is 9.47 Å². The first-order valence-electron chi connectivity index (χ1n) is 8.73. The summed E-state index contributed by atoms with van der Waals surface area (Å²) in [5.41, 5.74) is 0.969. The molecule has 7 heteroatoms. The van der Waals surface area contributed by atoms with Gasteiger partial charge in [0.05, 0.1) is 20.1 Å². The number of piperidine rings is 1. The van der Waals surface area contributed by atoms with Crippen molar-refractivity contribution in [1.29, 1.82) is 0 Å². The summed E-state index contributed by atoms with van der Waals surface area (Å²) < 4.78 is 10.4. The molecule has 2 heterocycles. The first kappa shape index (κ1) is 18.0. The van der Waals surface area contributed by atoms with Crippen LogP contribution in [-0.2, 0) is 11.3 Å². The number of nitrogens with zero attached hydrogens (tertiary/aromatic N) is 3. The zero-order chi connectivity index (χ0) is 18.4. The fraction of sp³-hybridized carbons (Fsp3) is 0.421. The smallest absolute Gasteiger partial charge is 0.233 e. The van der Waals surface area contributed by atoms with Gasteiger partial charge in [-0.3, -0.25) is 4.79 Å². The van der Waals surface area contributed by atoms with Crippen molar-refractivity contribution in [2.45, 2.75) is 19.4 Å². The van der Waals surface area contributed by atoms with Gasteiger partial charge in [0.1, 0.15) is 5.75 Å². The van der Waals surface area contributed by atoms with Gasteiger partial charge in [-0.2, -0.15) is 0 Å². The normalized spacial score (nSPS) is 16.8. The zero-order valence-corrected chi connectivity index (χ0v) is 15.1. The number of nitrogens with one attached hydrogen (secondary N) is 1. The molecule has 7 nitrogen and oxygen atoms in total. The number of ether oxygens (including phenoxy) is 2. The van der Waals surface area contributed by atoms with Gasteiger partial charge in [-0.25, -0.2) is 0 Å². The number of hydrogen-bond acceptors (Lipinski definition) is 6. The standard InChI is InChI=1S/C19H24N4O3/c1-25-16-8-4-3-6-14(16)12-20-19(24)15-7-5-11-23(13-15)17-9-10-18(26-2)22-21-17/h3-4,6,8-10,15H,5,7,11-13H2,1-2H3,(H,20,24)/t15-/m0/s1. The van der Waals surface area contributed by atoms with E-state index in [1.165, 1.54) is 0 Å². The number of amides is 1. The lowest BCUT2D eigenvalue weighted by atomic mass is 9.97. The van der Waals surface area contributed by atoms with Gasteiger partial charge in [-0.15, -0.1) is 10.2 Å². The first-order valence-corrected chi connectivity index (χ1v) is 8.73. The minimum absolute atomic E-state index is 0.0575. The zero-order valence-electron chi connectivity index (χ0n) is 15.1. The monoisotopic (exact) mass is 356 g/mol. The van der Waals surface area contributed by atoms with E-state index in [0.29, 0.717) is 19.0 Å². The van der Waals surface area contributed by atoms with E-state index < -0.39 is 0 Å². The fourth-order valence-corrected chi connectivity index (χ4v) is 3.17. The third-order valence-corrected chi connectivity index (χ3v) is 4.60. The second-order valence-corrected chi connectivity index (χ2v) is 6.25. The van der Waals surface area contributed by atoms with Gasteiger partial charge in [0.2, 0.25) is 11.8 Å². The van der Waals surface area contributed by atoms with E-state index in [0.717, 1.165) is 36.5 Å². The molecule has 1 atom stereocenters. The van der Waals surface area contributed by atoms with Crippen LogP contribution in [0, 0.1) is 5.92 Å². The Balaban J connectivity index is 1.58. The van der Waals surface area contributed by atoms with Gasteiger partial charge in [0, 0.05) is 31.3 Å². The molecule has 1 aliphatic heterocycles. The third kappa shape index (κ3) is 4.22. The Labute approximate surface area is 153 Å². The average molecular weight is 356 g/mol. The van der Waals surface area contributed by atoms with E-state index in [9.17, 15) is 4.79 Å². The Morgan fingerprint density at radius 3 is 2.77 bits per heavy atom. The minimum Gasteiger partial charge on any atom is -0.496 e. The van der Waals surface area contributed by atoms with E-state index in [2.05, 4.69) is 20.4 Å². The molecule has 26 heavy (non-hydrogen) atoms. The molecule has 1 N–H and O–H groups in total. The van der Waals surface area contributed by atoms with Crippen molar-refractivity contribution in [3.8, 4) is 11.6 Å².